The number of imidazole rings is 1. The lowest BCUT2D eigenvalue weighted by atomic mass is 10.1. The van der Waals surface area contributed by atoms with Gasteiger partial charge in [0.2, 0.25) is 5.91 Å². The summed E-state index contributed by atoms with van der Waals surface area (Å²) in [5, 5.41) is 3.43. The van der Waals surface area contributed by atoms with Crippen LogP contribution in [0, 0.1) is 0 Å². The van der Waals surface area contributed by atoms with E-state index < -0.39 is 0 Å². The third-order valence-corrected chi connectivity index (χ3v) is 3.98. The van der Waals surface area contributed by atoms with Crippen molar-refractivity contribution in [1.82, 2.24) is 14.7 Å². The van der Waals surface area contributed by atoms with E-state index in [1.54, 1.807) is 38.6 Å². The summed E-state index contributed by atoms with van der Waals surface area (Å²) in [4.78, 5) is 16.5. The first-order valence-corrected chi connectivity index (χ1v) is 8.28. The number of benzene rings is 1. The fourth-order valence-corrected chi connectivity index (χ4v) is 2.72. The number of carbonyl (C=O) groups is 1. The van der Waals surface area contributed by atoms with Crippen molar-refractivity contribution in [2.45, 2.75) is 6.54 Å². The van der Waals surface area contributed by atoms with Crippen molar-refractivity contribution in [2.24, 2.45) is 0 Å². The fourth-order valence-electron chi connectivity index (χ4n) is 2.55. The van der Waals surface area contributed by atoms with Crippen molar-refractivity contribution in [3.8, 4) is 11.5 Å². The Morgan fingerprint density at radius 3 is 2.85 bits per heavy atom. The van der Waals surface area contributed by atoms with Crippen LogP contribution < -0.4 is 14.8 Å². The van der Waals surface area contributed by atoms with Crippen molar-refractivity contribution >= 4 is 29.2 Å². The lowest BCUT2D eigenvalue weighted by Gasteiger charge is -2.09. The summed E-state index contributed by atoms with van der Waals surface area (Å²) in [5.74, 6) is 0.958. The molecule has 0 aliphatic rings. The van der Waals surface area contributed by atoms with Crippen molar-refractivity contribution < 1.29 is 14.3 Å². The van der Waals surface area contributed by atoms with Gasteiger partial charge in [-0.05, 0) is 24.3 Å². The molecule has 0 fully saturated rings. The van der Waals surface area contributed by atoms with E-state index in [1.165, 1.54) is 6.08 Å². The molecule has 26 heavy (non-hydrogen) atoms. The Labute approximate surface area is 156 Å². The second-order valence-electron chi connectivity index (χ2n) is 5.48. The highest BCUT2D eigenvalue weighted by Gasteiger charge is 2.08. The number of halogens is 1. The first-order valence-electron chi connectivity index (χ1n) is 7.90. The van der Waals surface area contributed by atoms with Crippen molar-refractivity contribution in [3.63, 3.8) is 0 Å². The van der Waals surface area contributed by atoms with Crippen molar-refractivity contribution in [3.05, 3.63) is 65.1 Å². The molecule has 0 saturated heterocycles. The Morgan fingerprint density at radius 2 is 2.08 bits per heavy atom. The van der Waals surface area contributed by atoms with Crippen LogP contribution in [0.4, 0.5) is 0 Å². The van der Waals surface area contributed by atoms with Crippen LogP contribution in [0.5, 0.6) is 11.5 Å². The number of fused-ring (bicyclic) bond motifs is 1. The van der Waals surface area contributed by atoms with Crippen LogP contribution in [0.15, 0.2) is 48.8 Å². The molecule has 0 radical (unpaired) electrons. The molecule has 6 nitrogen and oxygen atoms in total. The van der Waals surface area contributed by atoms with Gasteiger partial charge in [0.1, 0.15) is 5.65 Å². The zero-order chi connectivity index (χ0) is 18.5. The second-order valence-corrected chi connectivity index (χ2v) is 5.92. The topological polar surface area (TPSA) is 64.9 Å². The highest BCUT2D eigenvalue weighted by Crippen LogP contribution is 2.31. The molecule has 2 heterocycles. The Morgan fingerprint density at radius 1 is 1.23 bits per heavy atom. The highest BCUT2D eigenvalue weighted by atomic mass is 35.5. The maximum Gasteiger partial charge on any atom is 0.244 e. The van der Waals surface area contributed by atoms with E-state index in [2.05, 4.69) is 10.3 Å². The van der Waals surface area contributed by atoms with E-state index in [4.69, 9.17) is 21.1 Å². The average molecular weight is 372 g/mol. The molecule has 0 aliphatic heterocycles. The summed E-state index contributed by atoms with van der Waals surface area (Å²) >= 11 is 5.95. The molecule has 7 heteroatoms. The molecule has 3 aromatic rings. The number of carbonyl (C=O) groups excluding carboxylic acids is 1. The van der Waals surface area contributed by atoms with Crippen LogP contribution >= 0.6 is 11.6 Å². The Balaban J connectivity index is 1.66. The molecule has 134 valence electrons. The van der Waals surface area contributed by atoms with Crippen LogP contribution in [-0.2, 0) is 11.3 Å². The molecule has 0 unspecified atom stereocenters. The van der Waals surface area contributed by atoms with Crippen molar-refractivity contribution in [2.75, 3.05) is 14.2 Å². The van der Waals surface area contributed by atoms with Crippen molar-refractivity contribution in [1.29, 1.82) is 0 Å². The normalized spacial score (nSPS) is 11.0. The molecule has 0 spiro atoms. The zero-order valence-electron chi connectivity index (χ0n) is 14.4. The number of rotatable bonds is 6. The smallest absolute Gasteiger partial charge is 0.244 e. The van der Waals surface area contributed by atoms with Gasteiger partial charge in [-0.2, -0.15) is 0 Å². The number of aromatic nitrogens is 2. The van der Waals surface area contributed by atoms with Gasteiger partial charge in [-0.1, -0.05) is 23.7 Å². The molecular formula is C19H18ClN3O3. The van der Waals surface area contributed by atoms with Gasteiger partial charge in [-0.25, -0.2) is 4.98 Å². The first-order chi connectivity index (χ1) is 12.6. The number of ether oxygens (including phenoxy) is 2. The third-order valence-electron chi connectivity index (χ3n) is 3.76. The summed E-state index contributed by atoms with van der Waals surface area (Å²) in [7, 11) is 3.13. The molecule has 1 amide bonds. The maximum absolute atomic E-state index is 12.1. The minimum atomic E-state index is -0.232. The SMILES string of the molecule is COc1cccc(/C=C/C(=O)NCc2cn3cc(Cl)ccc3n2)c1OC. The third kappa shape index (κ3) is 3.97. The minimum Gasteiger partial charge on any atom is -0.493 e. The van der Waals surface area contributed by atoms with E-state index in [1.807, 2.05) is 28.8 Å². The summed E-state index contributed by atoms with van der Waals surface area (Å²) in [6, 6.07) is 9.07. The summed E-state index contributed by atoms with van der Waals surface area (Å²) < 4.78 is 12.4. The summed E-state index contributed by atoms with van der Waals surface area (Å²) in [5.41, 5.74) is 2.27. The first kappa shape index (κ1) is 17.8. The zero-order valence-corrected chi connectivity index (χ0v) is 15.2. The number of hydrogen-bond acceptors (Lipinski definition) is 4. The van der Waals surface area contributed by atoms with Gasteiger partial charge in [0, 0.05) is 24.0 Å². The Kier molecular flexibility index (Phi) is 5.43. The Hall–Kier alpha value is -2.99. The maximum atomic E-state index is 12.1. The van der Waals surface area contributed by atoms with Crippen LogP contribution in [0.3, 0.4) is 0 Å². The van der Waals surface area contributed by atoms with E-state index in [-0.39, 0.29) is 5.91 Å². The van der Waals surface area contributed by atoms with Gasteiger partial charge >= 0.3 is 0 Å². The number of amides is 1. The highest BCUT2D eigenvalue weighted by molar-refractivity contribution is 6.30. The van der Waals surface area contributed by atoms with E-state index in [0.29, 0.717) is 23.1 Å². The lowest BCUT2D eigenvalue weighted by Crippen LogP contribution is -2.20. The van der Waals surface area contributed by atoms with Gasteiger partial charge < -0.3 is 19.2 Å². The second kappa shape index (κ2) is 7.93. The average Bonchev–Trinajstić information content (AvgIpc) is 3.06. The van der Waals surface area contributed by atoms with Gasteiger partial charge in [-0.3, -0.25) is 4.79 Å². The van der Waals surface area contributed by atoms with E-state index >= 15 is 0 Å². The predicted octanol–water partition coefficient (Wildman–Crippen LogP) is 3.33. The van der Waals surface area contributed by atoms with Gasteiger partial charge in [0.05, 0.1) is 31.5 Å². The number of para-hydroxylation sites is 1. The fraction of sp³-hybridized carbons (Fsp3) is 0.158. The van der Waals surface area contributed by atoms with Crippen LogP contribution in [0.1, 0.15) is 11.3 Å². The van der Waals surface area contributed by atoms with Gasteiger partial charge in [-0.15, -0.1) is 0 Å². The molecular weight excluding hydrogens is 354 g/mol. The molecule has 1 N–H and O–H groups in total. The van der Waals surface area contributed by atoms with Crippen LogP contribution in [0.25, 0.3) is 11.7 Å². The monoisotopic (exact) mass is 371 g/mol. The molecule has 3 rings (SSSR count). The van der Waals surface area contributed by atoms with E-state index in [9.17, 15) is 4.79 Å². The molecule has 0 saturated carbocycles. The molecule has 1 aromatic carbocycles. The predicted molar refractivity (Wildman–Crippen MR) is 101 cm³/mol. The van der Waals surface area contributed by atoms with Gasteiger partial charge in [0.15, 0.2) is 11.5 Å². The summed E-state index contributed by atoms with van der Waals surface area (Å²) in [6.45, 7) is 0.317. The quantitative estimate of drug-likeness (QED) is 0.675. The molecule has 0 aliphatic carbocycles. The standard InChI is InChI=1S/C19H18ClN3O3/c1-25-16-5-3-4-13(19(16)26-2)6-9-18(24)21-10-15-12-23-11-14(20)7-8-17(23)22-15/h3-9,11-12H,10H2,1-2H3,(H,21,24)/b9-6+. The number of nitrogens with one attached hydrogen (secondary N) is 1. The minimum absolute atomic E-state index is 0.232. The Bertz CT molecular complexity index is 966. The van der Waals surface area contributed by atoms with Crippen LogP contribution in [-0.4, -0.2) is 29.5 Å². The molecule has 2 aromatic heterocycles. The van der Waals surface area contributed by atoms with Gasteiger partial charge in [0.25, 0.3) is 0 Å². The number of methoxy groups -OCH3 is 2. The summed E-state index contributed by atoms with van der Waals surface area (Å²) in [6.07, 6.45) is 6.73. The van der Waals surface area contributed by atoms with Crippen LogP contribution in [0.2, 0.25) is 5.02 Å². The van der Waals surface area contributed by atoms with E-state index in [0.717, 1.165) is 16.9 Å². The number of hydrogen-bond donors (Lipinski definition) is 1. The lowest BCUT2D eigenvalue weighted by molar-refractivity contribution is -0.116. The largest absolute Gasteiger partial charge is 0.493 e. The number of pyridine rings is 1. The number of nitrogens with zero attached hydrogens (tertiary/aromatic N) is 2. The molecule has 0 bridgehead atoms. The molecule has 0 atom stereocenters.